The molecule has 0 fully saturated rings. The highest BCUT2D eigenvalue weighted by atomic mass is 79.9. The van der Waals surface area contributed by atoms with Crippen molar-refractivity contribution in [2.45, 2.75) is 13.0 Å². The summed E-state index contributed by atoms with van der Waals surface area (Å²) < 4.78 is 16.7. The highest BCUT2D eigenvalue weighted by Crippen LogP contribution is 2.28. The third-order valence-corrected chi connectivity index (χ3v) is 2.84. The van der Waals surface area contributed by atoms with Gasteiger partial charge in [0.2, 0.25) is 0 Å². The van der Waals surface area contributed by atoms with Crippen molar-refractivity contribution in [3.8, 4) is 5.75 Å². The van der Waals surface area contributed by atoms with Crippen LogP contribution in [0.5, 0.6) is 5.75 Å². The molecular formula is C13H19BrO4. The molecule has 0 radical (unpaired) electrons. The first-order valence-corrected chi connectivity index (χ1v) is 6.61. The zero-order valence-corrected chi connectivity index (χ0v) is 12.3. The van der Waals surface area contributed by atoms with Crippen LogP contribution in [0.2, 0.25) is 0 Å². The molecule has 102 valence electrons. The zero-order chi connectivity index (χ0) is 13.4. The second-order valence-electron chi connectivity index (χ2n) is 3.81. The van der Waals surface area contributed by atoms with E-state index >= 15 is 0 Å². The minimum absolute atomic E-state index is 0.444. The fourth-order valence-electron chi connectivity index (χ4n) is 1.43. The fourth-order valence-corrected chi connectivity index (χ4v) is 1.77. The van der Waals surface area contributed by atoms with Crippen LogP contribution in [-0.4, -0.2) is 38.6 Å². The maximum Gasteiger partial charge on any atom is 0.126 e. The van der Waals surface area contributed by atoms with E-state index in [1.807, 2.05) is 18.2 Å². The van der Waals surface area contributed by atoms with Crippen molar-refractivity contribution < 1.29 is 19.3 Å². The van der Waals surface area contributed by atoms with Crippen LogP contribution >= 0.6 is 15.9 Å². The minimum Gasteiger partial charge on any atom is -0.491 e. The van der Waals surface area contributed by atoms with Gasteiger partial charge in [-0.25, -0.2) is 0 Å². The molecule has 4 nitrogen and oxygen atoms in total. The average Bonchev–Trinajstić information content (AvgIpc) is 2.33. The highest BCUT2D eigenvalue weighted by molar-refractivity contribution is 9.10. The molecule has 0 spiro atoms. The Balaban J connectivity index is 2.43. The largest absolute Gasteiger partial charge is 0.491 e. The minimum atomic E-state index is -0.553. The summed E-state index contributed by atoms with van der Waals surface area (Å²) >= 11 is 3.38. The Morgan fingerprint density at radius 1 is 1.22 bits per heavy atom. The number of ether oxygens (including phenoxy) is 3. The van der Waals surface area contributed by atoms with E-state index < -0.39 is 6.10 Å². The summed E-state index contributed by atoms with van der Waals surface area (Å²) in [4.78, 5) is 0. The number of methoxy groups -OCH3 is 1. The molecule has 1 aromatic carbocycles. The molecule has 1 atom stereocenters. The van der Waals surface area contributed by atoms with Gasteiger partial charge in [-0.05, 0) is 19.1 Å². The summed E-state index contributed by atoms with van der Waals surface area (Å²) in [5, 5.41) is 9.63. The van der Waals surface area contributed by atoms with Crippen LogP contribution in [0.1, 0.15) is 18.6 Å². The van der Waals surface area contributed by atoms with Gasteiger partial charge in [0.25, 0.3) is 0 Å². The van der Waals surface area contributed by atoms with Crippen LogP contribution in [0, 0.1) is 0 Å². The van der Waals surface area contributed by atoms with Crippen molar-refractivity contribution in [1.29, 1.82) is 0 Å². The lowest BCUT2D eigenvalue weighted by atomic mass is 10.1. The lowest BCUT2D eigenvalue weighted by molar-refractivity contribution is 0.0538. The Morgan fingerprint density at radius 2 is 1.94 bits per heavy atom. The molecule has 0 saturated carbocycles. The monoisotopic (exact) mass is 318 g/mol. The second kappa shape index (κ2) is 8.48. The third-order valence-electron chi connectivity index (χ3n) is 2.34. The van der Waals surface area contributed by atoms with Crippen molar-refractivity contribution in [2.24, 2.45) is 0 Å². The summed E-state index contributed by atoms with van der Waals surface area (Å²) in [5.74, 6) is 0.676. The smallest absolute Gasteiger partial charge is 0.126 e. The van der Waals surface area contributed by atoms with Crippen LogP contribution in [0.4, 0.5) is 0 Å². The standard InChI is InChI=1S/C13H19BrO4/c1-10(15)12-4-3-11(14)9-13(12)18-8-7-17-6-5-16-2/h3-4,9-10,15H,5-8H2,1-2H3/t10-/m1/s1. The van der Waals surface area contributed by atoms with E-state index in [9.17, 15) is 5.11 Å². The summed E-state index contributed by atoms with van der Waals surface area (Å²) in [7, 11) is 1.64. The second-order valence-corrected chi connectivity index (χ2v) is 4.73. The summed E-state index contributed by atoms with van der Waals surface area (Å²) in [6, 6.07) is 5.57. The first-order valence-electron chi connectivity index (χ1n) is 5.82. The summed E-state index contributed by atoms with van der Waals surface area (Å²) in [6.07, 6.45) is -0.553. The first-order chi connectivity index (χ1) is 8.65. The van der Waals surface area contributed by atoms with E-state index in [-0.39, 0.29) is 0 Å². The molecule has 0 aliphatic carbocycles. The topological polar surface area (TPSA) is 47.9 Å². The Labute approximate surface area is 116 Å². The Kier molecular flexibility index (Phi) is 7.27. The number of halogens is 1. The van der Waals surface area contributed by atoms with E-state index in [0.29, 0.717) is 32.2 Å². The predicted octanol–water partition coefficient (Wildman–Crippen LogP) is 2.54. The molecule has 0 aliphatic heterocycles. The van der Waals surface area contributed by atoms with Crippen molar-refractivity contribution in [3.05, 3.63) is 28.2 Å². The molecule has 1 N–H and O–H groups in total. The van der Waals surface area contributed by atoms with Gasteiger partial charge < -0.3 is 19.3 Å². The van der Waals surface area contributed by atoms with E-state index in [1.165, 1.54) is 0 Å². The van der Waals surface area contributed by atoms with E-state index in [1.54, 1.807) is 14.0 Å². The number of aliphatic hydroxyl groups excluding tert-OH is 1. The van der Waals surface area contributed by atoms with Gasteiger partial charge in [0.15, 0.2) is 0 Å². The van der Waals surface area contributed by atoms with Crippen LogP contribution in [0.15, 0.2) is 22.7 Å². The summed E-state index contributed by atoms with van der Waals surface area (Å²) in [6.45, 7) is 3.79. The van der Waals surface area contributed by atoms with Gasteiger partial charge in [-0.2, -0.15) is 0 Å². The molecule has 0 amide bonds. The zero-order valence-electron chi connectivity index (χ0n) is 10.7. The highest BCUT2D eigenvalue weighted by Gasteiger charge is 2.09. The molecule has 1 aromatic rings. The Bertz CT molecular complexity index is 355. The van der Waals surface area contributed by atoms with Gasteiger partial charge in [-0.15, -0.1) is 0 Å². The maximum absolute atomic E-state index is 9.63. The lowest BCUT2D eigenvalue weighted by Crippen LogP contribution is -2.11. The number of hydrogen-bond acceptors (Lipinski definition) is 4. The van der Waals surface area contributed by atoms with Gasteiger partial charge in [0.05, 0.1) is 25.9 Å². The van der Waals surface area contributed by atoms with Crippen molar-refractivity contribution >= 4 is 15.9 Å². The molecular weight excluding hydrogens is 300 g/mol. The fraction of sp³-hybridized carbons (Fsp3) is 0.538. The van der Waals surface area contributed by atoms with Crippen LogP contribution in [0.25, 0.3) is 0 Å². The molecule has 0 heterocycles. The number of rotatable bonds is 8. The number of benzene rings is 1. The Morgan fingerprint density at radius 3 is 2.61 bits per heavy atom. The van der Waals surface area contributed by atoms with E-state index in [0.717, 1.165) is 10.0 Å². The maximum atomic E-state index is 9.63. The van der Waals surface area contributed by atoms with Gasteiger partial charge in [-0.1, -0.05) is 22.0 Å². The number of hydrogen-bond donors (Lipinski definition) is 1. The third kappa shape index (κ3) is 5.35. The molecule has 5 heteroatoms. The quantitative estimate of drug-likeness (QED) is 0.748. The molecule has 18 heavy (non-hydrogen) atoms. The van der Waals surface area contributed by atoms with Crippen molar-refractivity contribution in [3.63, 3.8) is 0 Å². The molecule has 0 aromatic heterocycles. The first kappa shape index (κ1) is 15.4. The summed E-state index contributed by atoms with van der Waals surface area (Å²) in [5.41, 5.74) is 0.773. The predicted molar refractivity (Wildman–Crippen MR) is 73.0 cm³/mol. The molecule has 0 bridgehead atoms. The van der Waals surface area contributed by atoms with Crippen LogP contribution in [-0.2, 0) is 9.47 Å². The molecule has 0 saturated heterocycles. The van der Waals surface area contributed by atoms with Gasteiger partial charge >= 0.3 is 0 Å². The van der Waals surface area contributed by atoms with E-state index in [2.05, 4.69) is 15.9 Å². The van der Waals surface area contributed by atoms with Gasteiger partial charge in [0, 0.05) is 17.1 Å². The molecule has 1 rings (SSSR count). The van der Waals surface area contributed by atoms with Crippen LogP contribution in [0.3, 0.4) is 0 Å². The van der Waals surface area contributed by atoms with E-state index in [4.69, 9.17) is 14.2 Å². The van der Waals surface area contributed by atoms with Gasteiger partial charge in [0.1, 0.15) is 12.4 Å². The Hall–Kier alpha value is -0.620. The van der Waals surface area contributed by atoms with Crippen molar-refractivity contribution in [1.82, 2.24) is 0 Å². The molecule has 0 aliphatic rings. The molecule has 0 unspecified atom stereocenters. The SMILES string of the molecule is COCCOCCOc1cc(Br)ccc1[C@@H](C)O. The normalized spacial score (nSPS) is 12.4. The van der Waals surface area contributed by atoms with Crippen LogP contribution < -0.4 is 4.74 Å². The number of aliphatic hydroxyl groups is 1. The van der Waals surface area contributed by atoms with Gasteiger partial charge in [-0.3, -0.25) is 0 Å². The average molecular weight is 319 g/mol. The lowest BCUT2D eigenvalue weighted by Gasteiger charge is -2.14. The van der Waals surface area contributed by atoms with Crippen molar-refractivity contribution in [2.75, 3.05) is 33.5 Å².